The summed E-state index contributed by atoms with van der Waals surface area (Å²) < 4.78 is 5.68. The van der Waals surface area contributed by atoms with E-state index in [1.165, 1.54) is 27.2 Å². The highest BCUT2D eigenvalue weighted by Gasteiger charge is 2.67. The van der Waals surface area contributed by atoms with Gasteiger partial charge in [-0.3, -0.25) is 4.79 Å². The van der Waals surface area contributed by atoms with Crippen LogP contribution in [0, 0.1) is 11.3 Å². The molecule has 2 aromatic rings. The molecule has 4 aliphatic rings. The molecule has 35 heavy (non-hydrogen) atoms. The van der Waals surface area contributed by atoms with Gasteiger partial charge in [-0.2, -0.15) is 0 Å². The van der Waals surface area contributed by atoms with Crippen molar-refractivity contribution in [1.29, 1.82) is 0 Å². The molecule has 2 N–H and O–H groups in total. The van der Waals surface area contributed by atoms with Crippen LogP contribution in [0.2, 0.25) is 0 Å². The zero-order chi connectivity index (χ0) is 24.4. The van der Waals surface area contributed by atoms with Gasteiger partial charge in [-0.15, -0.1) is 0 Å². The summed E-state index contributed by atoms with van der Waals surface area (Å²) >= 11 is 0. The van der Waals surface area contributed by atoms with Crippen LogP contribution in [0.5, 0.6) is 0 Å². The van der Waals surface area contributed by atoms with Crippen LogP contribution in [0.3, 0.4) is 0 Å². The van der Waals surface area contributed by atoms with Crippen molar-refractivity contribution in [3.63, 3.8) is 0 Å². The summed E-state index contributed by atoms with van der Waals surface area (Å²) in [6, 6.07) is 16.3. The first kappa shape index (κ1) is 22.1. The first-order valence-electron chi connectivity index (χ1n) is 12.5. The van der Waals surface area contributed by atoms with Crippen molar-refractivity contribution in [3.8, 4) is 11.1 Å². The molecule has 3 atom stereocenters. The van der Waals surface area contributed by atoms with Gasteiger partial charge in [0, 0.05) is 19.0 Å². The second kappa shape index (κ2) is 7.83. The van der Waals surface area contributed by atoms with Gasteiger partial charge in [0.2, 0.25) is 5.91 Å². The van der Waals surface area contributed by atoms with E-state index >= 15 is 0 Å². The van der Waals surface area contributed by atoms with Gasteiger partial charge in [0.1, 0.15) is 12.1 Å². The third-order valence-electron chi connectivity index (χ3n) is 9.03. The van der Waals surface area contributed by atoms with Crippen LogP contribution < -0.4 is 5.32 Å². The first-order valence-corrected chi connectivity index (χ1v) is 12.5. The van der Waals surface area contributed by atoms with Crippen LogP contribution in [-0.4, -0.2) is 53.2 Å². The van der Waals surface area contributed by atoms with Crippen molar-refractivity contribution in [3.05, 3.63) is 59.7 Å². The Morgan fingerprint density at radius 3 is 2.23 bits per heavy atom. The zero-order valence-electron chi connectivity index (χ0n) is 19.8. The molecule has 0 heterocycles. The van der Waals surface area contributed by atoms with Gasteiger partial charge in [-0.05, 0) is 66.7 Å². The fourth-order valence-corrected chi connectivity index (χ4v) is 6.80. The number of hydrogen-bond acceptors (Lipinski definition) is 4. The van der Waals surface area contributed by atoms with E-state index < -0.39 is 23.0 Å². The SMILES string of the molecule is CN(C(=O)C12CC(NC(=O)OCC3c4ccccc4-c4ccccc43)CC1C2)C1(C(=O)O)CCC1. The molecule has 0 saturated heterocycles. The van der Waals surface area contributed by atoms with Crippen molar-refractivity contribution >= 4 is 18.0 Å². The first-order chi connectivity index (χ1) is 16.9. The van der Waals surface area contributed by atoms with Gasteiger partial charge in [0.05, 0.1) is 5.41 Å². The van der Waals surface area contributed by atoms with E-state index in [2.05, 4.69) is 29.6 Å². The lowest BCUT2D eigenvalue weighted by atomic mass is 9.75. The molecule has 2 amide bonds. The van der Waals surface area contributed by atoms with Crippen molar-refractivity contribution in [1.82, 2.24) is 10.2 Å². The van der Waals surface area contributed by atoms with Crippen molar-refractivity contribution in [2.45, 2.75) is 56.0 Å². The minimum atomic E-state index is -1.06. The largest absolute Gasteiger partial charge is 0.479 e. The fraction of sp³-hybridized carbons (Fsp3) is 0.464. The normalized spacial score (nSPS) is 27.1. The molecule has 7 heteroatoms. The summed E-state index contributed by atoms with van der Waals surface area (Å²) in [4.78, 5) is 39.4. The van der Waals surface area contributed by atoms with E-state index in [-0.39, 0.29) is 30.4 Å². The highest BCUT2D eigenvalue weighted by Crippen LogP contribution is 2.65. The lowest BCUT2D eigenvalue weighted by molar-refractivity contribution is -0.166. The quantitative estimate of drug-likeness (QED) is 0.656. The molecule has 0 spiro atoms. The second-order valence-corrected chi connectivity index (χ2v) is 10.7. The number of alkyl carbamates (subject to hydrolysis) is 1. The Labute approximate surface area is 204 Å². The number of nitrogens with one attached hydrogen (secondary N) is 1. The number of fused-ring (bicyclic) bond motifs is 4. The average Bonchev–Trinajstić information content (AvgIpc) is 3.24. The Morgan fingerprint density at radius 2 is 1.66 bits per heavy atom. The van der Waals surface area contributed by atoms with Gasteiger partial charge in [-0.1, -0.05) is 48.5 Å². The lowest BCUT2D eigenvalue weighted by Gasteiger charge is -2.46. The van der Waals surface area contributed by atoms with E-state index in [0.717, 1.165) is 19.3 Å². The van der Waals surface area contributed by atoms with E-state index in [9.17, 15) is 19.5 Å². The molecular weight excluding hydrogens is 444 g/mol. The molecule has 4 aliphatic carbocycles. The maximum atomic E-state index is 13.3. The lowest BCUT2D eigenvalue weighted by Crippen LogP contribution is -2.61. The number of carbonyl (C=O) groups excluding carboxylic acids is 2. The predicted octanol–water partition coefficient (Wildman–Crippen LogP) is 4.16. The highest BCUT2D eigenvalue weighted by atomic mass is 16.5. The Balaban J connectivity index is 1.08. The molecule has 2 aromatic carbocycles. The number of likely N-dealkylation sites (N-methyl/N-ethyl adjacent to an activating group) is 1. The zero-order valence-corrected chi connectivity index (χ0v) is 19.8. The Morgan fingerprint density at radius 1 is 1.03 bits per heavy atom. The number of carboxylic acids is 1. The van der Waals surface area contributed by atoms with Crippen LogP contribution in [0.4, 0.5) is 4.79 Å². The molecule has 0 aliphatic heterocycles. The van der Waals surface area contributed by atoms with Crippen molar-refractivity contribution in [2.24, 2.45) is 11.3 Å². The average molecular weight is 475 g/mol. The number of benzene rings is 2. The minimum Gasteiger partial charge on any atom is -0.479 e. The number of rotatable bonds is 6. The Kier molecular flexibility index (Phi) is 4.95. The van der Waals surface area contributed by atoms with Crippen LogP contribution in [0.1, 0.15) is 55.6 Å². The molecule has 7 nitrogen and oxygen atoms in total. The van der Waals surface area contributed by atoms with Gasteiger partial charge in [0.15, 0.2) is 0 Å². The summed E-state index contributed by atoms with van der Waals surface area (Å²) in [5.74, 6) is -0.801. The van der Waals surface area contributed by atoms with E-state index in [1.54, 1.807) is 7.05 Å². The van der Waals surface area contributed by atoms with Gasteiger partial charge in [-0.25, -0.2) is 9.59 Å². The van der Waals surface area contributed by atoms with E-state index in [4.69, 9.17) is 4.74 Å². The maximum absolute atomic E-state index is 13.3. The molecule has 0 bridgehead atoms. The number of carbonyl (C=O) groups is 3. The molecule has 3 saturated carbocycles. The van der Waals surface area contributed by atoms with Gasteiger partial charge < -0.3 is 20.1 Å². The van der Waals surface area contributed by atoms with Crippen LogP contribution >= 0.6 is 0 Å². The number of nitrogens with zero attached hydrogens (tertiary/aromatic N) is 1. The topological polar surface area (TPSA) is 95.9 Å². The second-order valence-electron chi connectivity index (χ2n) is 10.7. The third kappa shape index (κ3) is 3.27. The molecule has 3 unspecified atom stereocenters. The number of aliphatic carboxylic acids is 1. The molecule has 3 fully saturated rings. The van der Waals surface area contributed by atoms with E-state index in [1.807, 2.05) is 24.3 Å². The number of amides is 2. The monoisotopic (exact) mass is 474 g/mol. The molecule has 0 aromatic heterocycles. The number of carboxylic acid groups (broad SMARTS) is 1. The summed E-state index contributed by atoms with van der Waals surface area (Å²) in [5.41, 5.74) is 3.11. The standard InChI is InChI=1S/C28H30N2O5/c1-30(28(25(32)33)11-6-12-28)24(31)27-14-17(27)13-18(15-27)29-26(34)35-16-23-21-9-4-2-7-19(21)20-8-3-5-10-22(20)23/h2-5,7-10,17-18,23H,6,11-16H2,1H3,(H,29,34)(H,32,33). The fourth-order valence-electron chi connectivity index (χ4n) is 6.80. The Bertz CT molecular complexity index is 1180. The minimum absolute atomic E-state index is 0.00128. The van der Waals surface area contributed by atoms with Crippen molar-refractivity contribution < 1.29 is 24.2 Å². The van der Waals surface area contributed by atoms with Crippen LogP contribution in [0.25, 0.3) is 11.1 Å². The number of ether oxygens (including phenoxy) is 1. The van der Waals surface area contributed by atoms with Crippen LogP contribution in [0.15, 0.2) is 48.5 Å². The smallest absolute Gasteiger partial charge is 0.407 e. The van der Waals surface area contributed by atoms with Gasteiger partial charge in [0.25, 0.3) is 0 Å². The number of hydrogen-bond donors (Lipinski definition) is 2. The summed E-state index contributed by atoms with van der Waals surface area (Å²) in [6.45, 7) is 0.254. The maximum Gasteiger partial charge on any atom is 0.407 e. The van der Waals surface area contributed by atoms with Gasteiger partial charge >= 0.3 is 12.1 Å². The molecule has 0 radical (unpaired) electrons. The summed E-state index contributed by atoms with van der Waals surface area (Å²) in [5, 5.41) is 12.7. The predicted molar refractivity (Wildman–Crippen MR) is 129 cm³/mol. The van der Waals surface area contributed by atoms with Crippen LogP contribution in [-0.2, 0) is 14.3 Å². The molecule has 182 valence electrons. The molecule has 6 rings (SSSR count). The molecular formula is C28H30N2O5. The van der Waals surface area contributed by atoms with Crippen molar-refractivity contribution in [2.75, 3.05) is 13.7 Å². The highest BCUT2D eigenvalue weighted by molar-refractivity contribution is 5.93. The Hall–Kier alpha value is -3.35. The van der Waals surface area contributed by atoms with E-state index in [0.29, 0.717) is 19.3 Å². The summed E-state index contributed by atoms with van der Waals surface area (Å²) in [7, 11) is 1.63. The summed E-state index contributed by atoms with van der Waals surface area (Å²) in [6.07, 6.45) is 3.42. The third-order valence-corrected chi connectivity index (χ3v) is 9.03.